The van der Waals surface area contributed by atoms with Crippen molar-refractivity contribution in [3.63, 3.8) is 0 Å². The molecule has 0 amide bonds. The van der Waals surface area contributed by atoms with Crippen LogP contribution in [0.5, 0.6) is 0 Å². The molecule has 1 heteroatoms. The average molecular weight is 448 g/mol. The molecule has 174 valence electrons. The zero-order chi connectivity index (χ0) is 24.5. The average Bonchev–Trinajstić information content (AvgIpc) is 2.84. The minimum absolute atomic E-state index is 0.340. The van der Waals surface area contributed by atoms with Crippen LogP contribution < -0.4 is 5.73 Å². The van der Waals surface area contributed by atoms with Crippen LogP contribution in [0.2, 0.25) is 0 Å². The van der Waals surface area contributed by atoms with Crippen LogP contribution in [0.4, 0.5) is 5.69 Å². The molecule has 1 nitrogen and oxygen atoms in total. The summed E-state index contributed by atoms with van der Waals surface area (Å²) in [7, 11) is 0. The van der Waals surface area contributed by atoms with Crippen LogP contribution in [0.25, 0.3) is 5.57 Å². The summed E-state index contributed by atoms with van der Waals surface area (Å²) in [4.78, 5) is 0. The third kappa shape index (κ3) is 3.64. The lowest BCUT2D eigenvalue weighted by molar-refractivity contribution is 0.530. The number of nitrogen functional groups attached to an aromatic ring is 1. The smallest absolute Gasteiger partial charge is 0.0666 e. The van der Waals surface area contributed by atoms with E-state index in [0.29, 0.717) is 5.92 Å². The lowest BCUT2D eigenvalue weighted by Crippen LogP contribution is -2.40. The first kappa shape index (κ1) is 23.8. The molecule has 0 saturated heterocycles. The van der Waals surface area contributed by atoms with Crippen molar-refractivity contribution in [3.05, 3.63) is 129 Å². The van der Waals surface area contributed by atoms with Crippen LogP contribution in [0, 0.1) is 19.8 Å². The Morgan fingerprint density at radius 3 is 1.85 bits per heavy atom. The van der Waals surface area contributed by atoms with Crippen molar-refractivity contribution in [2.45, 2.75) is 53.4 Å². The third-order valence-corrected chi connectivity index (χ3v) is 7.70. The molecule has 1 atom stereocenters. The molecule has 3 aromatic carbocycles. The van der Waals surface area contributed by atoms with E-state index in [0.717, 1.165) is 17.7 Å². The number of allylic oxidation sites excluding steroid dienone is 6. The molecule has 0 aromatic heterocycles. The number of anilines is 1. The number of hydrogen-bond donors (Lipinski definition) is 1. The topological polar surface area (TPSA) is 26.0 Å². The normalized spacial score (nSPS) is 21.6. The van der Waals surface area contributed by atoms with E-state index in [1.165, 1.54) is 44.5 Å². The summed E-state index contributed by atoms with van der Waals surface area (Å²) in [6.07, 6.45) is 5.73. The molecule has 0 aliphatic heterocycles. The fraction of sp³-hybridized carbons (Fsp3) is 0.273. The fourth-order valence-electron chi connectivity index (χ4n) is 6.26. The molecule has 1 aliphatic carbocycles. The Hall–Kier alpha value is -3.32. The van der Waals surface area contributed by atoms with Gasteiger partial charge in [0, 0.05) is 11.3 Å². The van der Waals surface area contributed by atoms with E-state index in [4.69, 9.17) is 5.73 Å². The quantitative estimate of drug-likeness (QED) is 0.316. The van der Waals surface area contributed by atoms with Crippen molar-refractivity contribution >= 4 is 11.3 Å². The molecule has 0 spiro atoms. The maximum Gasteiger partial charge on any atom is 0.0666 e. The first-order chi connectivity index (χ1) is 16.4. The molecular weight excluding hydrogens is 410 g/mol. The molecular formula is C33H37N. The lowest BCUT2D eigenvalue weighted by Gasteiger charge is -2.48. The number of hydrogen-bond acceptors (Lipinski definition) is 1. The molecule has 0 radical (unpaired) electrons. The zero-order valence-corrected chi connectivity index (χ0v) is 21.4. The summed E-state index contributed by atoms with van der Waals surface area (Å²) in [6, 6.07) is 26.1. The van der Waals surface area contributed by atoms with Crippen molar-refractivity contribution < 1.29 is 0 Å². The van der Waals surface area contributed by atoms with E-state index in [1.54, 1.807) is 0 Å². The van der Waals surface area contributed by atoms with Crippen LogP contribution >= 0.6 is 0 Å². The molecule has 2 N–H and O–H groups in total. The van der Waals surface area contributed by atoms with Crippen LogP contribution in [0.3, 0.4) is 0 Å². The van der Waals surface area contributed by atoms with E-state index < -0.39 is 0 Å². The summed E-state index contributed by atoms with van der Waals surface area (Å²) in [5, 5.41) is 0. The van der Waals surface area contributed by atoms with E-state index in [-0.39, 0.29) is 5.41 Å². The second-order valence-electron chi connectivity index (χ2n) is 9.63. The fourth-order valence-corrected chi connectivity index (χ4v) is 6.26. The van der Waals surface area contributed by atoms with Gasteiger partial charge in [-0.2, -0.15) is 0 Å². The molecule has 34 heavy (non-hydrogen) atoms. The first-order valence-electron chi connectivity index (χ1n) is 12.4. The van der Waals surface area contributed by atoms with E-state index in [2.05, 4.69) is 114 Å². The number of rotatable bonds is 3. The molecule has 1 fully saturated rings. The van der Waals surface area contributed by atoms with E-state index >= 15 is 0 Å². The third-order valence-electron chi connectivity index (χ3n) is 7.70. The highest BCUT2D eigenvalue weighted by Gasteiger charge is 2.48. The summed E-state index contributed by atoms with van der Waals surface area (Å²) < 4.78 is 0. The Morgan fingerprint density at radius 1 is 0.824 bits per heavy atom. The van der Waals surface area contributed by atoms with Gasteiger partial charge in [0.15, 0.2) is 0 Å². The Morgan fingerprint density at radius 2 is 1.35 bits per heavy atom. The second kappa shape index (κ2) is 9.50. The maximum atomic E-state index is 6.49. The molecule has 1 aliphatic rings. The second-order valence-corrected chi connectivity index (χ2v) is 9.63. The van der Waals surface area contributed by atoms with Crippen LogP contribution in [0.1, 0.15) is 61.9 Å². The number of para-hydroxylation sites is 1. The van der Waals surface area contributed by atoms with Gasteiger partial charge in [-0.3, -0.25) is 0 Å². The standard InChI is InChI=1S/C33H37N/c1-7-26-21-24(5)32(25(6)27-17-11-14-20-31(27)34)28(8-2)33(26,29-18-12-9-15-22(29)3)30-19-13-10-16-23(30)4/h7-20,24H,21,34H2,1-6H3/b26-7+,28-8+,32-25+. The largest absolute Gasteiger partial charge is 0.398 e. The van der Waals surface area contributed by atoms with Gasteiger partial charge in [-0.15, -0.1) is 0 Å². The van der Waals surface area contributed by atoms with Crippen molar-refractivity contribution in [3.8, 4) is 0 Å². The van der Waals surface area contributed by atoms with Gasteiger partial charge in [0.05, 0.1) is 5.41 Å². The lowest BCUT2D eigenvalue weighted by atomic mass is 9.54. The predicted molar refractivity (Wildman–Crippen MR) is 148 cm³/mol. The number of nitrogens with two attached hydrogens (primary N) is 1. The summed E-state index contributed by atoms with van der Waals surface area (Å²) in [6.45, 7) is 13.5. The SMILES string of the molecule is C/C=C1\CC(C)C(=C(/C)c2ccccc2N)/C(=C\C)C1(c1ccccc1C)c1ccccc1C. The van der Waals surface area contributed by atoms with Gasteiger partial charge in [0.1, 0.15) is 0 Å². The number of aryl methyl sites for hydroxylation is 2. The van der Waals surface area contributed by atoms with Crippen molar-refractivity contribution in [1.82, 2.24) is 0 Å². The highest BCUT2D eigenvalue weighted by molar-refractivity contribution is 5.82. The summed E-state index contributed by atoms with van der Waals surface area (Å²) >= 11 is 0. The van der Waals surface area contributed by atoms with Crippen molar-refractivity contribution in [1.29, 1.82) is 0 Å². The molecule has 0 bridgehead atoms. The van der Waals surface area contributed by atoms with Crippen molar-refractivity contribution in [2.75, 3.05) is 5.73 Å². The van der Waals surface area contributed by atoms with Crippen molar-refractivity contribution in [2.24, 2.45) is 5.92 Å². The van der Waals surface area contributed by atoms with Gasteiger partial charge in [0.25, 0.3) is 0 Å². The van der Waals surface area contributed by atoms with Gasteiger partial charge >= 0.3 is 0 Å². The Bertz CT molecular complexity index is 1260. The number of benzene rings is 3. The zero-order valence-electron chi connectivity index (χ0n) is 21.4. The monoisotopic (exact) mass is 447 g/mol. The van der Waals surface area contributed by atoms with Gasteiger partial charge in [-0.1, -0.05) is 91.4 Å². The Kier molecular flexibility index (Phi) is 6.66. The van der Waals surface area contributed by atoms with Gasteiger partial charge in [-0.25, -0.2) is 0 Å². The van der Waals surface area contributed by atoms with Crippen LogP contribution in [-0.4, -0.2) is 0 Å². The molecule has 1 saturated carbocycles. The molecule has 4 rings (SSSR count). The Balaban J connectivity index is 2.18. The Labute approximate surface area is 205 Å². The molecule has 0 heterocycles. The minimum Gasteiger partial charge on any atom is -0.398 e. The first-order valence-corrected chi connectivity index (χ1v) is 12.4. The molecule has 3 aromatic rings. The maximum absolute atomic E-state index is 6.49. The van der Waals surface area contributed by atoms with Crippen LogP contribution in [0.15, 0.2) is 102 Å². The summed E-state index contributed by atoms with van der Waals surface area (Å²) in [5.41, 5.74) is 19.0. The highest BCUT2D eigenvalue weighted by Crippen LogP contribution is 2.57. The van der Waals surface area contributed by atoms with Gasteiger partial charge < -0.3 is 5.73 Å². The van der Waals surface area contributed by atoms with Gasteiger partial charge in [-0.05, 0) is 92.0 Å². The van der Waals surface area contributed by atoms with Gasteiger partial charge in [0.2, 0.25) is 0 Å². The molecule has 1 unspecified atom stereocenters. The predicted octanol–water partition coefficient (Wildman–Crippen LogP) is 8.58. The van der Waals surface area contributed by atoms with Crippen LogP contribution in [-0.2, 0) is 5.41 Å². The van der Waals surface area contributed by atoms with E-state index in [1.807, 2.05) is 12.1 Å². The van der Waals surface area contributed by atoms with E-state index in [9.17, 15) is 0 Å². The summed E-state index contributed by atoms with van der Waals surface area (Å²) in [5.74, 6) is 0.387. The minimum atomic E-state index is -0.340. The highest BCUT2D eigenvalue weighted by atomic mass is 14.6.